The van der Waals surface area contributed by atoms with Crippen LogP contribution < -0.4 is 20.1 Å². The SMILES string of the molecule is COc1ccc([C@@H](Oc2ccc3c(cnn3-c3cccc(C(=O)NC4CCS(=O)(=O)C4)c3)c2)[C@H](C)NC(=O)C(C)(F)F)cn1. The molecule has 1 aliphatic heterocycles. The molecule has 1 aliphatic rings. The Balaban J connectivity index is 1.38. The fourth-order valence-electron chi connectivity index (χ4n) is 4.94. The Morgan fingerprint density at radius 1 is 1.11 bits per heavy atom. The smallest absolute Gasteiger partial charge is 0.321 e. The normalized spacial score (nSPS) is 17.5. The monoisotopic (exact) mass is 627 g/mol. The van der Waals surface area contributed by atoms with Crippen molar-refractivity contribution < 1.29 is 36.3 Å². The van der Waals surface area contributed by atoms with Crippen molar-refractivity contribution in [2.45, 2.75) is 44.4 Å². The minimum Gasteiger partial charge on any atom is -0.484 e. The second-order valence-corrected chi connectivity index (χ2v) is 13.0. The van der Waals surface area contributed by atoms with E-state index in [4.69, 9.17) is 9.47 Å². The number of carbonyl (C=O) groups excluding carboxylic acids is 2. The third kappa shape index (κ3) is 6.96. The van der Waals surface area contributed by atoms with Gasteiger partial charge in [-0.15, -0.1) is 0 Å². The molecule has 0 bridgehead atoms. The van der Waals surface area contributed by atoms with Crippen LogP contribution in [0.25, 0.3) is 16.6 Å². The van der Waals surface area contributed by atoms with Crippen LogP contribution >= 0.6 is 0 Å². The van der Waals surface area contributed by atoms with Gasteiger partial charge in [-0.3, -0.25) is 9.59 Å². The Bertz CT molecular complexity index is 1790. The zero-order valence-electron chi connectivity index (χ0n) is 24.2. The molecule has 1 saturated heterocycles. The number of nitrogens with zero attached hydrogens (tertiary/aromatic N) is 3. The van der Waals surface area contributed by atoms with Crippen LogP contribution in [0.4, 0.5) is 8.78 Å². The molecular weight excluding hydrogens is 596 g/mol. The van der Waals surface area contributed by atoms with Crippen molar-refractivity contribution in [3.8, 4) is 17.3 Å². The number of benzene rings is 2. The van der Waals surface area contributed by atoms with E-state index < -0.39 is 39.9 Å². The van der Waals surface area contributed by atoms with E-state index in [1.165, 1.54) is 13.3 Å². The molecule has 14 heteroatoms. The number of carbonyl (C=O) groups is 2. The van der Waals surface area contributed by atoms with Crippen LogP contribution in [-0.2, 0) is 14.6 Å². The molecule has 0 aliphatic carbocycles. The number of sulfone groups is 1. The van der Waals surface area contributed by atoms with Crippen LogP contribution in [0.15, 0.2) is 67.0 Å². The molecule has 3 heterocycles. The van der Waals surface area contributed by atoms with Gasteiger partial charge in [-0.1, -0.05) is 6.07 Å². The molecule has 44 heavy (non-hydrogen) atoms. The molecule has 1 unspecified atom stereocenters. The highest BCUT2D eigenvalue weighted by Crippen LogP contribution is 2.30. The zero-order valence-corrected chi connectivity index (χ0v) is 25.0. The van der Waals surface area contributed by atoms with Gasteiger partial charge in [0.2, 0.25) is 5.88 Å². The lowest BCUT2D eigenvalue weighted by molar-refractivity contribution is -0.144. The number of alkyl halides is 2. The maximum absolute atomic E-state index is 13.6. The molecule has 0 radical (unpaired) electrons. The van der Waals surface area contributed by atoms with E-state index in [9.17, 15) is 26.8 Å². The van der Waals surface area contributed by atoms with Gasteiger partial charge < -0.3 is 20.1 Å². The maximum atomic E-state index is 13.6. The Labute approximate surface area is 252 Å². The molecule has 3 atom stereocenters. The molecule has 5 rings (SSSR count). The average Bonchev–Trinajstić information content (AvgIpc) is 3.57. The Morgan fingerprint density at radius 2 is 1.91 bits per heavy atom. The highest BCUT2D eigenvalue weighted by atomic mass is 32.2. The number of amides is 2. The molecule has 2 N–H and O–H groups in total. The maximum Gasteiger partial charge on any atom is 0.321 e. The van der Waals surface area contributed by atoms with Crippen molar-refractivity contribution in [3.63, 3.8) is 0 Å². The van der Waals surface area contributed by atoms with Crippen LogP contribution in [0.5, 0.6) is 11.6 Å². The second kappa shape index (κ2) is 12.2. The predicted octanol–water partition coefficient (Wildman–Crippen LogP) is 3.63. The van der Waals surface area contributed by atoms with Gasteiger partial charge in [0.1, 0.15) is 11.9 Å². The van der Waals surface area contributed by atoms with E-state index in [1.54, 1.807) is 72.4 Å². The van der Waals surface area contributed by atoms with Crippen molar-refractivity contribution >= 4 is 32.6 Å². The van der Waals surface area contributed by atoms with Crippen LogP contribution in [0.2, 0.25) is 0 Å². The Kier molecular flexibility index (Phi) is 8.55. The third-order valence-corrected chi connectivity index (χ3v) is 9.00. The summed E-state index contributed by atoms with van der Waals surface area (Å²) in [6.07, 6.45) is 2.61. The molecular formula is C30H31F2N5O6S. The summed E-state index contributed by atoms with van der Waals surface area (Å²) in [4.78, 5) is 29.1. The van der Waals surface area contributed by atoms with E-state index in [1.807, 2.05) is 0 Å². The summed E-state index contributed by atoms with van der Waals surface area (Å²) in [5, 5.41) is 10.3. The van der Waals surface area contributed by atoms with Crippen molar-refractivity contribution in [2.24, 2.45) is 0 Å². The minimum atomic E-state index is -3.57. The fourth-order valence-corrected chi connectivity index (χ4v) is 6.62. The number of hydrogen-bond donors (Lipinski definition) is 2. The van der Waals surface area contributed by atoms with Crippen LogP contribution in [0, 0.1) is 0 Å². The van der Waals surface area contributed by atoms with Crippen LogP contribution in [-0.4, -0.2) is 71.6 Å². The topological polar surface area (TPSA) is 142 Å². The first-order chi connectivity index (χ1) is 20.8. The summed E-state index contributed by atoms with van der Waals surface area (Å²) in [5.74, 6) is -4.64. The molecule has 0 saturated carbocycles. The molecule has 4 aromatic rings. The molecule has 0 spiro atoms. The number of halogens is 2. The zero-order chi connectivity index (χ0) is 31.6. The van der Waals surface area contributed by atoms with E-state index >= 15 is 0 Å². The highest BCUT2D eigenvalue weighted by Gasteiger charge is 2.35. The molecule has 2 aromatic heterocycles. The van der Waals surface area contributed by atoms with E-state index in [0.717, 1.165) is 0 Å². The lowest BCUT2D eigenvalue weighted by atomic mass is 10.0. The first kappa shape index (κ1) is 30.9. The summed E-state index contributed by atoms with van der Waals surface area (Å²) in [6.45, 7) is 2.08. The summed E-state index contributed by atoms with van der Waals surface area (Å²) < 4.78 is 63.8. The van der Waals surface area contributed by atoms with Crippen molar-refractivity contribution in [1.82, 2.24) is 25.4 Å². The molecule has 2 aromatic carbocycles. The van der Waals surface area contributed by atoms with Gasteiger partial charge >= 0.3 is 5.92 Å². The summed E-state index contributed by atoms with van der Waals surface area (Å²) in [5.41, 5.74) is 2.20. The van der Waals surface area contributed by atoms with E-state index in [-0.39, 0.29) is 17.4 Å². The Morgan fingerprint density at radius 3 is 2.57 bits per heavy atom. The van der Waals surface area contributed by atoms with Gasteiger partial charge in [-0.05, 0) is 55.8 Å². The van der Waals surface area contributed by atoms with Gasteiger partial charge in [0, 0.05) is 41.7 Å². The van der Waals surface area contributed by atoms with Gasteiger partial charge in [0.25, 0.3) is 11.8 Å². The van der Waals surface area contributed by atoms with Crippen LogP contribution in [0.3, 0.4) is 0 Å². The molecule has 232 valence electrons. The number of ether oxygens (including phenoxy) is 2. The van der Waals surface area contributed by atoms with Gasteiger partial charge in [-0.2, -0.15) is 13.9 Å². The lowest BCUT2D eigenvalue weighted by Crippen LogP contribution is -2.46. The number of pyridine rings is 1. The summed E-state index contributed by atoms with van der Waals surface area (Å²) in [6, 6.07) is 14.0. The largest absolute Gasteiger partial charge is 0.484 e. The summed E-state index contributed by atoms with van der Waals surface area (Å²) in [7, 11) is -1.67. The van der Waals surface area contributed by atoms with Crippen molar-refractivity contribution in [2.75, 3.05) is 18.6 Å². The third-order valence-electron chi connectivity index (χ3n) is 7.23. The average molecular weight is 628 g/mol. The lowest BCUT2D eigenvalue weighted by Gasteiger charge is -2.27. The first-order valence-corrected chi connectivity index (χ1v) is 15.6. The van der Waals surface area contributed by atoms with Crippen LogP contribution in [0.1, 0.15) is 42.3 Å². The highest BCUT2D eigenvalue weighted by molar-refractivity contribution is 7.91. The number of nitrogens with one attached hydrogen (secondary N) is 2. The standard InChI is InChI=1S/C30H31F2N5O6S/c1-18(35-29(39)30(2,31)32)27(20-7-10-26(42-3)33-15-20)43-24-8-9-25-21(14-24)16-34-37(25)23-6-4-5-19(13-23)28(38)36-22-11-12-44(40,41)17-22/h4-10,13-16,18,22,27H,11-12,17H2,1-3H3,(H,35,39)(H,36,38)/t18-,22?,27-/m0/s1. The van der Waals surface area contributed by atoms with Crippen molar-refractivity contribution in [3.05, 3.63) is 78.1 Å². The molecule has 1 fully saturated rings. The quantitative estimate of drug-likeness (QED) is 0.272. The molecule has 2 amide bonds. The van der Waals surface area contributed by atoms with Gasteiger partial charge in [0.15, 0.2) is 9.84 Å². The number of fused-ring (bicyclic) bond motifs is 1. The predicted molar refractivity (Wildman–Crippen MR) is 158 cm³/mol. The fraction of sp³-hybridized carbons (Fsp3) is 0.333. The van der Waals surface area contributed by atoms with Gasteiger partial charge in [-0.25, -0.2) is 18.1 Å². The number of hydrogen-bond acceptors (Lipinski definition) is 8. The number of methoxy groups -OCH3 is 1. The first-order valence-electron chi connectivity index (χ1n) is 13.8. The van der Waals surface area contributed by atoms with Crippen molar-refractivity contribution in [1.29, 1.82) is 0 Å². The summed E-state index contributed by atoms with van der Waals surface area (Å²) >= 11 is 0. The van der Waals surface area contributed by atoms with E-state index in [2.05, 4.69) is 20.7 Å². The molecule has 11 nitrogen and oxygen atoms in total. The number of rotatable bonds is 10. The Hall–Kier alpha value is -4.59. The van der Waals surface area contributed by atoms with E-state index in [0.29, 0.717) is 52.7 Å². The minimum absolute atomic E-state index is 0.0585. The van der Waals surface area contributed by atoms with Gasteiger partial charge in [0.05, 0.1) is 42.1 Å². The number of aromatic nitrogens is 3. The second-order valence-electron chi connectivity index (χ2n) is 10.7.